The van der Waals surface area contributed by atoms with E-state index >= 15 is 0 Å². The molecule has 1 atom stereocenters. The molecule has 1 aromatic rings. The lowest BCUT2D eigenvalue weighted by Gasteiger charge is -2.31. The Balaban J connectivity index is 3.28. The number of nitrogens with two attached hydrogens (primary N) is 1. The van der Waals surface area contributed by atoms with Crippen LogP contribution < -0.4 is 11.1 Å². The fourth-order valence-corrected chi connectivity index (χ4v) is 1.94. The van der Waals surface area contributed by atoms with E-state index in [0.717, 1.165) is 0 Å². The Morgan fingerprint density at radius 3 is 2.29 bits per heavy atom. The summed E-state index contributed by atoms with van der Waals surface area (Å²) in [5.74, 6) is -2.73. The Morgan fingerprint density at radius 1 is 1.29 bits per heavy atom. The minimum absolute atomic E-state index is 0.0399. The Morgan fingerprint density at radius 2 is 1.86 bits per heavy atom. The molecule has 0 aliphatic heterocycles. The molecule has 114 valence electrons. The highest BCUT2D eigenvalue weighted by atomic mass is 16.4. The van der Waals surface area contributed by atoms with E-state index in [2.05, 4.69) is 5.32 Å². The number of carboxylic acids is 1. The highest BCUT2D eigenvalue weighted by Gasteiger charge is 2.37. The first-order valence-corrected chi connectivity index (χ1v) is 6.56. The second-order valence-electron chi connectivity index (χ2n) is 5.48. The topological polar surface area (TPSA) is 109 Å². The quantitative estimate of drug-likeness (QED) is 0.760. The molecule has 0 aliphatic carbocycles. The van der Waals surface area contributed by atoms with E-state index in [1.807, 2.05) is 0 Å². The summed E-state index contributed by atoms with van der Waals surface area (Å²) in [5, 5.41) is 11.8. The second-order valence-corrected chi connectivity index (χ2v) is 5.48. The zero-order chi connectivity index (χ0) is 16.4. The Labute approximate surface area is 123 Å². The number of hydrogen-bond donors (Lipinski definition) is 3. The lowest BCUT2D eigenvalue weighted by Crippen LogP contribution is -2.58. The predicted octanol–water partition coefficient (Wildman–Crippen LogP) is 1.32. The lowest BCUT2D eigenvalue weighted by atomic mass is 9.87. The number of primary amides is 1. The summed E-state index contributed by atoms with van der Waals surface area (Å²) in [5.41, 5.74) is 4.56. The lowest BCUT2D eigenvalue weighted by molar-refractivity contribution is -0.125. The van der Waals surface area contributed by atoms with Crippen LogP contribution >= 0.6 is 0 Å². The van der Waals surface area contributed by atoms with E-state index in [4.69, 9.17) is 5.73 Å². The van der Waals surface area contributed by atoms with E-state index in [1.165, 1.54) is 13.0 Å². The van der Waals surface area contributed by atoms with Crippen LogP contribution in [0.25, 0.3) is 0 Å². The van der Waals surface area contributed by atoms with Crippen LogP contribution in [0.3, 0.4) is 0 Å². The molecule has 0 saturated carbocycles. The van der Waals surface area contributed by atoms with Crippen LogP contribution in [-0.2, 0) is 4.79 Å². The molecular weight excluding hydrogens is 272 g/mol. The van der Waals surface area contributed by atoms with Crippen LogP contribution in [0, 0.1) is 12.8 Å². The van der Waals surface area contributed by atoms with Gasteiger partial charge in [0.25, 0.3) is 5.91 Å². The fourth-order valence-electron chi connectivity index (χ4n) is 1.94. The predicted molar refractivity (Wildman–Crippen MR) is 78.0 cm³/mol. The minimum Gasteiger partial charge on any atom is -0.478 e. The van der Waals surface area contributed by atoms with Crippen molar-refractivity contribution < 1.29 is 19.5 Å². The average Bonchev–Trinajstić information content (AvgIpc) is 2.37. The van der Waals surface area contributed by atoms with E-state index < -0.39 is 23.3 Å². The molecule has 1 aromatic carbocycles. The number of rotatable bonds is 5. The van der Waals surface area contributed by atoms with Gasteiger partial charge in [-0.1, -0.05) is 26.0 Å². The van der Waals surface area contributed by atoms with E-state index in [0.29, 0.717) is 5.56 Å². The van der Waals surface area contributed by atoms with Crippen molar-refractivity contribution in [2.45, 2.75) is 33.2 Å². The number of benzene rings is 1. The van der Waals surface area contributed by atoms with Crippen molar-refractivity contribution in [3.63, 3.8) is 0 Å². The van der Waals surface area contributed by atoms with Crippen LogP contribution in [0.15, 0.2) is 18.2 Å². The molecule has 0 heterocycles. The summed E-state index contributed by atoms with van der Waals surface area (Å²) in [7, 11) is 0. The summed E-state index contributed by atoms with van der Waals surface area (Å²) in [4.78, 5) is 35.3. The normalized spacial score (nSPS) is 13.6. The van der Waals surface area contributed by atoms with Gasteiger partial charge in [-0.25, -0.2) is 4.79 Å². The molecule has 1 unspecified atom stereocenters. The number of carbonyl (C=O) groups excluding carboxylic acids is 2. The van der Waals surface area contributed by atoms with E-state index in [-0.39, 0.29) is 17.0 Å². The third kappa shape index (κ3) is 3.21. The second kappa shape index (κ2) is 5.95. The van der Waals surface area contributed by atoms with Crippen LogP contribution in [0.1, 0.15) is 47.1 Å². The Hall–Kier alpha value is -2.37. The summed E-state index contributed by atoms with van der Waals surface area (Å²) in [6.07, 6.45) is 0. The molecule has 1 rings (SSSR count). The molecule has 0 fully saturated rings. The van der Waals surface area contributed by atoms with Crippen molar-refractivity contribution in [3.8, 4) is 0 Å². The van der Waals surface area contributed by atoms with Gasteiger partial charge in [-0.2, -0.15) is 0 Å². The third-order valence-corrected chi connectivity index (χ3v) is 3.77. The number of aryl methyl sites for hydroxylation is 1. The van der Waals surface area contributed by atoms with Crippen molar-refractivity contribution in [1.82, 2.24) is 5.32 Å². The van der Waals surface area contributed by atoms with Gasteiger partial charge in [0.1, 0.15) is 5.54 Å². The molecule has 4 N–H and O–H groups in total. The standard InChI is InChI=1S/C15H20N2O4/c1-8(2)15(4,14(16)21)17-12(18)11-9(3)6-5-7-10(11)13(19)20/h5-8H,1-4H3,(H2,16,21)(H,17,18)(H,19,20). The first-order valence-electron chi connectivity index (χ1n) is 6.56. The molecule has 21 heavy (non-hydrogen) atoms. The van der Waals surface area contributed by atoms with E-state index in [1.54, 1.807) is 32.9 Å². The summed E-state index contributed by atoms with van der Waals surface area (Å²) < 4.78 is 0. The molecule has 0 bridgehead atoms. The summed E-state index contributed by atoms with van der Waals surface area (Å²) in [6.45, 7) is 6.66. The molecule has 6 heteroatoms. The van der Waals surface area contributed by atoms with Crippen LogP contribution in [-0.4, -0.2) is 28.4 Å². The number of hydrogen-bond acceptors (Lipinski definition) is 3. The molecule has 0 spiro atoms. The number of carbonyl (C=O) groups is 3. The van der Waals surface area contributed by atoms with Gasteiger partial charge in [-0.3, -0.25) is 9.59 Å². The maximum absolute atomic E-state index is 12.4. The number of aromatic carboxylic acids is 1. The smallest absolute Gasteiger partial charge is 0.336 e. The maximum Gasteiger partial charge on any atom is 0.336 e. The van der Waals surface area contributed by atoms with Crippen molar-refractivity contribution in [1.29, 1.82) is 0 Å². The Kier molecular flexibility index (Phi) is 4.73. The molecule has 0 aromatic heterocycles. The maximum atomic E-state index is 12.4. The van der Waals surface area contributed by atoms with Crippen molar-refractivity contribution in [2.24, 2.45) is 11.7 Å². The fraction of sp³-hybridized carbons (Fsp3) is 0.400. The Bertz CT molecular complexity index is 595. The molecule has 0 radical (unpaired) electrons. The van der Waals surface area contributed by atoms with Crippen molar-refractivity contribution >= 4 is 17.8 Å². The van der Waals surface area contributed by atoms with Gasteiger partial charge < -0.3 is 16.2 Å². The third-order valence-electron chi connectivity index (χ3n) is 3.77. The van der Waals surface area contributed by atoms with Gasteiger partial charge in [-0.05, 0) is 31.4 Å². The molecular formula is C15H20N2O4. The van der Waals surface area contributed by atoms with Crippen LogP contribution in [0.2, 0.25) is 0 Å². The minimum atomic E-state index is -1.25. The monoisotopic (exact) mass is 292 g/mol. The first-order chi connectivity index (χ1) is 9.61. The van der Waals surface area contributed by atoms with Gasteiger partial charge in [0.2, 0.25) is 5.91 Å². The zero-order valence-electron chi connectivity index (χ0n) is 12.6. The van der Waals surface area contributed by atoms with E-state index in [9.17, 15) is 19.5 Å². The zero-order valence-corrected chi connectivity index (χ0v) is 12.6. The number of amides is 2. The van der Waals surface area contributed by atoms with Crippen molar-refractivity contribution in [2.75, 3.05) is 0 Å². The molecule has 6 nitrogen and oxygen atoms in total. The highest BCUT2D eigenvalue weighted by Crippen LogP contribution is 2.20. The summed E-state index contributed by atoms with van der Waals surface area (Å²) >= 11 is 0. The molecule has 0 aliphatic rings. The largest absolute Gasteiger partial charge is 0.478 e. The van der Waals surface area contributed by atoms with Gasteiger partial charge in [0.15, 0.2) is 0 Å². The number of carboxylic acid groups (broad SMARTS) is 1. The molecule has 2 amide bonds. The van der Waals surface area contributed by atoms with Gasteiger partial charge in [0, 0.05) is 0 Å². The van der Waals surface area contributed by atoms with Gasteiger partial charge >= 0.3 is 5.97 Å². The van der Waals surface area contributed by atoms with Gasteiger partial charge in [0.05, 0.1) is 11.1 Å². The van der Waals surface area contributed by atoms with Crippen LogP contribution in [0.5, 0.6) is 0 Å². The SMILES string of the molecule is Cc1cccc(C(=O)O)c1C(=O)NC(C)(C(N)=O)C(C)C. The highest BCUT2D eigenvalue weighted by molar-refractivity contribution is 6.07. The van der Waals surface area contributed by atoms with Crippen molar-refractivity contribution in [3.05, 3.63) is 34.9 Å². The van der Waals surface area contributed by atoms with Gasteiger partial charge in [-0.15, -0.1) is 0 Å². The average molecular weight is 292 g/mol. The first kappa shape index (κ1) is 16.7. The molecule has 0 saturated heterocycles. The number of nitrogens with one attached hydrogen (secondary N) is 1. The summed E-state index contributed by atoms with van der Waals surface area (Å²) in [6, 6.07) is 4.55. The van der Waals surface area contributed by atoms with Crippen LogP contribution in [0.4, 0.5) is 0 Å².